The zero-order valence-corrected chi connectivity index (χ0v) is 16.0. The number of hydrogen-bond donors (Lipinski definition) is 0. The van der Waals surface area contributed by atoms with Gasteiger partial charge in [0, 0.05) is 7.11 Å². The Kier molecular flexibility index (Phi) is 4.36. The standard InChI is InChI=1S/C22H36O2/c1-15-5-8-19-18-7-6-16-13-17(24-14-23-4)9-11-22(16,3)20(18)10-12-21(15,19)2/h16-20H,1,5-14H2,2-4H3/t16?,17?,18-,19-,20+,21+,22-/m0/s1. The Labute approximate surface area is 148 Å². The lowest BCUT2D eigenvalue weighted by molar-refractivity contribution is -0.147. The van der Waals surface area contributed by atoms with E-state index in [9.17, 15) is 0 Å². The summed E-state index contributed by atoms with van der Waals surface area (Å²) in [6, 6.07) is 0. The minimum Gasteiger partial charge on any atom is -0.359 e. The predicted octanol–water partition coefficient (Wildman–Crippen LogP) is 5.57. The van der Waals surface area contributed by atoms with E-state index in [1.165, 1.54) is 57.8 Å². The summed E-state index contributed by atoms with van der Waals surface area (Å²) in [7, 11) is 1.73. The van der Waals surface area contributed by atoms with E-state index in [-0.39, 0.29) is 0 Å². The summed E-state index contributed by atoms with van der Waals surface area (Å²) in [6.07, 6.45) is 12.7. The fourth-order valence-electron chi connectivity index (χ4n) is 7.44. The van der Waals surface area contributed by atoms with Gasteiger partial charge in [-0.05, 0) is 92.3 Å². The van der Waals surface area contributed by atoms with Crippen molar-refractivity contribution in [2.75, 3.05) is 13.9 Å². The van der Waals surface area contributed by atoms with E-state index in [0.717, 1.165) is 23.7 Å². The smallest absolute Gasteiger partial charge is 0.146 e. The molecule has 4 aliphatic carbocycles. The molecule has 0 radical (unpaired) electrons. The first-order chi connectivity index (χ1) is 11.5. The minimum atomic E-state index is 0.430. The lowest BCUT2D eigenvalue weighted by Crippen LogP contribution is -2.53. The van der Waals surface area contributed by atoms with Crippen molar-refractivity contribution < 1.29 is 9.47 Å². The summed E-state index contributed by atoms with van der Waals surface area (Å²) in [5, 5.41) is 0. The second kappa shape index (κ2) is 6.13. The zero-order chi connectivity index (χ0) is 16.9. The molecule has 0 aromatic heterocycles. The van der Waals surface area contributed by atoms with E-state index >= 15 is 0 Å². The maximum Gasteiger partial charge on any atom is 0.146 e. The van der Waals surface area contributed by atoms with E-state index in [1.807, 2.05) is 0 Å². The highest BCUT2D eigenvalue weighted by molar-refractivity contribution is 5.21. The lowest BCUT2D eigenvalue weighted by atomic mass is 9.45. The Bertz CT molecular complexity index is 500. The number of ether oxygens (including phenoxy) is 2. The molecular weight excluding hydrogens is 296 g/mol. The number of rotatable bonds is 3. The van der Waals surface area contributed by atoms with Crippen molar-refractivity contribution in [1.29, 1.82) is 0 Å². The van der Waals surface area contributed by atoms with Crippen LogP contribution in [0, 0.1) is 34.5 Å². The molecule has 0 aromatic carbocycles. The molecule has 4 rings (SSSR count). The molecule has 2 nitrogen and oxygen atoms in total. The van der Waals surface area contributed by atoms with Gasteiger partial charge in [-0.3, -0.25) is 0 Å². The largest absolute Gasteiger partial charge is 0.359 e. The van der Waals surface area contributed by atoms with Crippen LogP contribution in [0.4, 0.5) is 0 Å². The number of allylic oxidation sites excluding steroid dienone is 1. The molecule has 0 amide bonds. The molecule has 0 aromatic rings. The van der Waals surface area contributed by atoms with E-state index in [1.54, 1.807) is 12.7 Å². The third kappa shape index (κ3) is 2.43. The maximum absolute atomic E-state index is 5.93. The summed E-state index contributed by atoms with van der Waals surface area (Å²) >= 11 is 0. The first kappa shape index (κ1) is 17.1. The molecule has 0 saturated heterocycles. The number of fused-ring (bicyclic) bond motifs is 5. The lowest BCUT2D eigenvalue weighted by Gasteiger charge is -2.60. The summed E-state index contributed by atoms with van der Waals surface area (Å²) in [5.74, 6) is 3.69. The Morgan fingerprint density at radius 3 is 2.67 bits per heavy atom. The summed E-state index contributed by atoms with van der Waals surface area (Å²) in [6.45, 7) is 10.1. The van der Waals surface area contributed by atoms with E-state index < -0.39 is 0 Å². The van der Waals surface area contributed by atoms with Crippen LogP contribution in [0.1, 0.15) is 71.6 Å². The van der Waals surface area contributed by atoms with Gasteiger partial charge in [-0.2, -0.15) is 0 Å². The molecule has 4 fully saturated rings. The molecule has 7 atom stereocenters. The van der Waals surface area contributed by atoms with Gasteiger partial charge in [-0.1, -0.05) is 26.0 Å². The first-order valence-electron chi connectivity index (χ1n) is 10.3. The Morgan fingerprint density at radius 1 is 1.04 bits per heavy atom. The Morgan fingerprint density at radius 2 is 1.88 bits per heavy atom. The van der Waals surface area contributed by atoms with Crippen LogP contribution in [0.25, 0.3) is 0 Å². The van der Waals surface area contributed by atoms with Crippen LogP contribution in [-0.2, 0) is 9.47 Å². The van der Waals surface area contributed by atoms with Gasteiger partial charge in [0.25, 0.3) is 0 Å². The quantitative estimate of drug-likeness (QED) is 0.496. The van der Waals surface area contributed by atoms with Gasteiger partial charge in [0.2, 0.25) is 0 Å². The van der Waals surface area contributed by atoms with Gasteiger partial charge in [-0.15, -0.1) is 0 Å². The fraction of sp³-hybridized carbons (Fsp3) is 0.909. The van der Waals surface area contributed by atoms with Crippen LogP contribution < -0.4 is 0 Å². The molecule has 0 heterocycles. The van der Waals surface area contributed by atoms with E-state index in [2.05, 4.69) is 20.4 Å². The van der Waals surface area contributed by atoms with Gasteiger partial charge in [0.05, 0.1) is 6.10 Å². The van der Waals surface area contributed by atoms with Gasteiger partial charge < -0.3 is 9.47 Å². The highest BCUT2D eigenvalue weighted by Gasteiger charge is 2.58. The summed E-state index contributed by atoms with van der Waals surface area (Å²) in [4.78, 5) is 0. The zero-order valence-electron chi connectivity index (χ0n) is 16.0. The van der Waals surface area contributed by atoms with Gasteiger partial charge in [-0.25, -0.2) is 0 Å². The van der Waals surface area contributed by atoms with Gasteiger partial charge in [0.15, 0.2) is 0 Å². The highest BCUT2D eigenvalue weighted by atomic mass is 16.7. The maximum atomic E-state index is 5.93. The molecule has 4 saturated carbocycles. The monoisotopic (exact) mass is 332 g/mol. The molecule has 136 valence electrons. The fourth-order valence-corrected chi connectivity index (χ4v) is 7.44. The molecule has 0 bridgehead atoms. The van der Waals surface area contributed by atoms with Crippen molar-refractivity contribution in [3.05, 3.63) is 12.2 Å². The Balaban J connectivity index is 1.51. The van der Waals surface area contributed by atoms with Crippen molar-refractivity contribution in [3.8, 4) is 0 Å². The topological polar surface area (TPSA) is 18.5 Å². The van der Waals surface area contributed by atoms with Crippen molar-refractivity contribution in [2.24, 2.45) is 34.5 Å². The van der Waals surface area contributed by atoms with Crippen LogP contribution in [-0.4, -0.2) is 20.0 Å². The molecule has 0 N–H and O–H groups in total. The van der Waals surface area contributed by atoms with Crippen molar-refractivity contribution in [1.82, 2.24) is 0 Å². The molecule has 2 heteroatoms. The molecule has 24 heavy (non-hydrogen) atoms. The van der Waals surface area contributed by atoms with Crippen molar-refractivity contribution in [2.45, 2.75) is 77.7 Å². The average molecular weight is 333 g/mol. The third-order valence-corrected chi connectivity index (χ3v) is 8.99. The molecule has 0 aliphatic heterocycles. The van der Waals surface area contributed by atoms with Gasteiger partial charge >= 0.3 is 0 Å². The van der Waals surface area contributed by atoms with Crippen molar-refractivity contribution in [3.63, 3.8) is 0 Å². The van der Waals surface area contributed by atoms with Crippen LogP contribution in [0.5, 0.6) is 0 Å². The first-order valence-corrected chi connectivity index (χ1v) is 10.3. The second-order valence-electron chi connectivity index (χ2n) is 9.72. The Hall–Kier alpha value is -0.340. The summed E-state index contributed by atoms with van der Waals surface area (Å²) in [5.41, 5.74) is 2.58. The van der Waals surface area contributed by atoms with E-state index in [0.29, 0.717) is 23.7 Å². The molecule has 2 unspecified atom stereocenters. The SMILES string of the molecule is C=C1CC[C@H]2[C@@H]3CCC4CC(OCOC)CC[C@]4(C)[C@@H]3CC[C@]12C. The number of methoxy groups -OCH3 is 1. The van der Waals surface area contributed by atoms with Gasteiger partial charge in [0.1, 0.15) is 6.79 Å². The van der Waals surface area contributed by atoms with Crippen LogP contribution >= 0.6 is 0 Å². The molecule has 4 aliphatic rings. The number of hydrogen-bond acceptors (Lipinski definition) is 2. The molecular formula is C22H36O2. The average Bonchev–Trinajstić information content (AvgIpc) is 2.88. The minimum absolute atomic E-state index is 0.430. The highest BCUT2D eigenvalue weighted by Crippen LogP contribution is 2.67. The summed E-state index contributed by atoms with van der Waals surface area (Å²) < 4.78 is 11.1. The van der Waals surface area contributed by atoms with Crippen LogP contribution in [0.3, 0.4) is 0 Å². The van der Waals surface area contributed by atoms with E-state index in [4.69, 9.17) is 9.47 Å². The van der Waals surface area contributed by atoms with Crippen LogP contribution in [0.2, 0.25) is 0 Å². The molecule has 0 spiro atoms. The van der Waals surface area contributed by atoms with Crippen molar-refractivity contribution >= 4 is 0 Å². The third-order valence-electron chi connectivity index (χ3n) is 8.99. The van der Waals surface area contributed by atoms with Crippen LogP contribution in [0.15, 0.2) is 12.2 Å². The second-order valence-corrected chi connectivity index (χ2v) is 9.72. The predicted molar refractivity (Wildman–Crippen MR) is 97.6 cm³/mol. The normalized spacial score (nSPS) is 51.0.